The number of rotatable bonds is 3. The third kappa shape index (κ3) is 4.22. The van der Waals surface area contributed by atoms with Crippen molar-refractivity contribution in [3.63, 3.8) is 0 Å². The van der Waals surface area contributed by atoms with Crippen molar-refractivity contribution in [2.45, 2.75) is 38.3 Å². The van der Waals surface area contributed by atoms with Crippen LogP contribution in [-0.4, -0.2) is 31.7 Å². The average molecular weight is 343 g/mol. The van der Waals surface area contributed by atoms with Crippen LogP contribution in [0.5, 0.6) is 0 Å². The lowest BCUT2D eigenvalue weighted by atomic mass is 9.80. The van der Waals surface area contributed by atoms with Crippen molar-refractivity contribution < 1.29 is 13.9 Å². The Morgan fingerprint density at radius 1 is 1.48 bits per heavy atom. The van der Waals surface area contributed by atoms with E-state index in [0.29, 0.717) is 25.6 Å². The molecule has 3 atom stereocenters. The molecular weight excluding hydrogens is 319 g/mol. The molecule has 1 aromatic carbocycles. The van der Waals surface area contributed by atoms with E-state index in [1.807, 2.05) is 6.07 Å². The second kappa shape index (κ2) is 8.08. The summed E-state index contributed by atoms with van der Waals surface area (Å²) < 4.78 is 19.3. The number of carbonyl (C=O) groups excluding carboxylic acids is 1. The summed E-state index contributed by atoms with van der Waals surface area (Å²) in [6.07, 6.45) is 2.03. The predicted octanol–water partition coefficient (Wildman–Crippen LogP) is 2.37. The Hall–Kier alpha value is -1.17. The molecule has 3 unspecified atom stereocenters. The van der Waals surface area contributed by atoms with Gasteiger partial charge in [-0.25, -0.2) is 4.39 Å². The van der Waals surface area contributed by atoms with E-state index in [1.165, 1.54) is 6.07 Å². The summed E-state index contributed by atoms with van der Waals surface area (Å²) in [5.41, 5.74) is 1.69. The Labute approximate surface area is 142 Å². The Kier molecular flexibility index (Phi) is 6.39. The van der Waals surface area contributed by atoms with Crippen molar-refractivity contribution in [3.8, 4) is 0 Å². The van der Waals surface area contributed by atoms with E-state index in [4.69, 9.17) is 4.74 Å². The predicted molar refractivity (Wildman–Crippen MR) is 89.2 cm³/mol. The molecule has 2 N–H and O–H groups in total. The zero-order chi connectivity index (χ0) is 15.5. The van der Waals surface area contributed by atoms with Crippen LogP contribution in [0.3, 0.4) is 0 Å². The third-order valence-electron chi connectivity index (χ3n) is 4.66. The number of fused-ring (bicyclic) bond motifs is 1. The van der Waals surface area contributed by atoms with Crippen molar-refractivity contribution in [2.24, 2.45) is 5.92 Å². The number of carbonyl (C=O) groups is 1. The highest BCUT2D eigenvalue weighted by Gasteiger charge is 2.30. The molecule has 1 heterocycles. The second-order valence-corrected chi connectivity index (χ2v) is 6.30. The minimum atomic E-state index is -0.161. The number of hydrogen-bond donors (Lipinski definition) is 2. The molecule has 23 heavy (non-hydrogen) atoms. The summed E-state index contributed by atoms with van der Waals surface area (Å²) in [5, 5.41) is 6.38. The SMILES string of the molecule is CC1CCc2c(F)cccc2C1NC(=O)CC1COCCN1.Cl. The van der Waals surface area contributed by atoms with Gasteiger partial charge in [0.05, 0.1) is 19.3 Å². The van der Waals surface area contributed by atoms with Crippen molar-refractivity contribution in [3.05, 3.63) is 35.1 Å². The van der Waals surface area contributed by atoms with Crippen LogP contribution >= 0.6 is 12.4 Å². The monoisotopic (exact) mass is 342 g/mol. The molecule has 0 bridgehead atoms. The van der Waals surface area contributed by atoms with E-state index < -0.39 is 0 Å². The molecule has 0 aromatic heterocycles. The number of ether oxygens (including phenoxy) is 1. The molecular formula is C17H24ClFN2O2. The lowest BCUT2D eigenvalue weighted by Crippen LogP contribution is -2.45. The molecule has 1 aromatic rings. The van der Waals surface area contributed by atoms with E-state index >= 15 is 0 Å². The first-order valence-electron chi connectivity index (χ1n) is 8.03. The van der Waals surface area contributed by atoms with Gasteiger partial charge in [0, 0.05) is 19.0 Å². The zero-order valence-corrected chi connectivity index (χ0v) is 14.1. The molecule has 1 amide bonds. The van der Waals surface area contributed by atoms with Gasteiger partial charge in [0.15, 0.2) is 0 Å². The van der Waals surface area contributed by atoms with Crippen LogP contribution in [0.1, 0.15) is 36.9 Å². The molecule has 0 saturated carbocycles. The first-order chi connectivity index (χ1) is 10.6. The van der Waals surface area contributed by atoms with Gasteiger partial charge in [-0.1, -0.05) is 19.1 Å². The van der Waals surface area contributed by atoms with E-state index in [0.717, 1.165) is 30.5 Å². The third-order valence-corrected chi connectivity index (χ3v) is 4.66. The molecule has 0 radical (unpaired) electrons. The molecule has 4 nitrogen and oxygen atoms in total. The number of amides is 1. The smallest absolute Gasteiger partial charge is 0.222 e. The number of halogens is 2. The van der Waals surface area contributed by atoms with Gasteiger partial charge in [0.2, 0.25) is 5.91 Å². The van der Waals surface area contributed by atoms with E-state index in [-0.39, 0.29) is 36.2 Å². The molecule has 1 aliphatic heterocycles. The van der Waals surface area contributed by atoms with Crippen LogP contribution in [-0.2, 0) is 16.0 Å². The van der Waals surface area contributed by atoms with Crippen molar-refractivity contribution >= 4 is 18.3 Å². The molecule has 1 saturated heterocycles. The number of benzene rings is 1. The lowest BCUT2D eigenvalue weighted by Gasteiger charge is -2.33. The van der Waals surface area contributed by atoms with Gasteiger partial charge in [0.1, 0.15) is 5.82 Å². The number of nitrogens with one attached hydrogen (secondary N) is 2. The van der Waals surface area contributed by atoms with Crippen LogP contribution in [0.2, 0.25) is 0 Å². The van der Waals surface area contributed by atoms with Gasteiger partial charge in [-0.3, -0.25) is 4.79 Å². The van der Waals surface area contributed by atoms with Crippen molar-refractivity contribution in [1.82, 2.24) is 10.6 Å². The van der Waals surface area contributed by atoms with Crippen molar-refractivity contribution in [1.29, 1.82) is 0 Å². The Morgan fingerprint density at radius 2 is 2.30 bits per heavy atom. The van der Waals surface area contributed by atoms with E-state index in [2.05, 4.69) is 17.6 Å². The standard InChI is InChI=1S/C17H23FN2O2.ClH/c1-11-5-6-13-14(3-2-4-15(13)18)17(11)20-16(21)9-12-10-22-8-7-19-12;/h2-4,11-12,17,19H,5-10H2,1H3,(H,20,21);1H. The van der Waals surface area contributed by atoms with E-state index in [1.54, 1.807) is 6.07 Å². The van der Waals surface area contributed by atoms with E-state index in [9.17, 15) is 9.18 Å². The fraction of sp³-hybridized carbons (Fsp3) is 0.588. The van der Waals surface area contributed by atoms with Gasteiger partial charge in [0.25, 0.3) is 0 Å². The average Bonchev–Trinajstić information content (AvgIpc) is 2.51. The molecule has 0 spiro atoms. The Balaban J connectivity index is 0.00000192. The van der Waals surface area contributed by atoms with Crippen LogP contribution in [0.25, 0.3) is 0 Å². The number of hydrogen-bond acceptors (Lipinski definition) is 3. The van der Waals surface area contributed by atoms with Crippen LogP contribution in [0, 0.1) is 11.7 Å². The Morgan fingerprint density at radius 3 is 3.04 bits per heavy atom. The first-order valence-corrected chi connectivity index (χ1v) is 8.03. The van der Waals surface area contributed by atoms with Crippen LogP contribution in [0.4, 0.5) is 4.39 Å². The van der Waals surface area contributed by atoms with Gasteiger partial charge in [-0.2, -0.15) is 0 Å². The minimum Gasteiger partial charge on any atom is -0.378 e. The lowest BCUT2D eigenvalue weighted by molar-refractivity contribution is -0.123. The highest BCUT2D eigenvalue weighted by atomic mass is 35.5. The molecule has 6 heteroatoms. The maximum atomic E-state index is 13.9. The highest BCUT2D eigenvalue weighted by Crippen LogP contribution is 2.35. The molecule has 1 fully saturated rings. The summed E-state index contributed by atoms with van der Waals surface area (Å²) in [6, 6.07) is 5.12. The van der Waals surface area contributed by atoms with Gasteiger partial charge < -0.3 is 15.4 Å². The molecule has 2 aliphatic rings. The summed E-state index contributed by atoms with van der Waals surface area (Å²) in [7, 11) is 0. The first kappa shape index (κ1) is 18.2. The van der Waals surface area contributed by atoms with Gasteiger partial charge >= 0.3 is 0 Å². The van der Waals surface area contributed by atoms with Gasteiger partial charge in [-0.15, -0.1) is 12.4 Å². The molecule has 1 aliphatic carbocycles. The topological polar surface area (TPSA) is 50.4 Å². The van der Waals surface area contributed by atoms with Gasteiger partial charge in [-0.05, 0) is 36.0 Å². The maximum Gasteiger partial charge on any atom is 0.222 e. The summed E-state index contributed by atoms with van der Waals surface area (Å²) in [6.45, 7) is 4.16. The quantitative estimate of drug-likeness (QED) is 0.886. The minimum absolute atomic E-state index is 0. The summed E-state index contributed by atoms with van der Waals surface area (Å²) in [4.78, 5) is 12.3. The Bertz CT molecular complexity index is 549. The zero-order valence-electron chi connectivity index (χ0n) is 13.3. The summed E-state index contributed by atoms with van der Waals surface area (Å²) in [5.74, 6) is 0.150. The molecule has 128 valence electrons. The normalized spacial score (nSPS) is 26.8. The second-order valence-electron chi connectivity index (χ2n) is 6.30. The highest BCUT2D eigenvalue weighted by molar-refractivity contribution is 5.85. The maximum absolute atomic E-state index is 13.9. The number of morpholine rings is 1. The van der Waals surface area contributed by atoms with Crippen LogP contribution < -0.4 is 10.6 Å². The fourth-order valence-corrected chi connectivity index (χ4v) is 3.40. The van der Waals surface area contributed by atoms with Crippen LogP contribution in [0.15, 0.2) is 18.2 Å². The largest absolute Gasteiger partial charge is 0.378 e. The molecule has 3 rings (SSSR count). The fourth-order valence-electron chi connectivity index (χ4n) is 3.40. The van der Waals surface area contributed by atoms with Crippen molar-refractivity contribution in [2.75, 3.05) is 19.8 Å². The summed E-state index contributed by atoms with van der Waals surface area (Å²) >= 11 is 0.